The molecule has 22 heavy (non-hydrogen) atoms. The normalized spacial score (nSPS) is 15.5. The Hall–Kier alpha value is -2.83. The van der Waals surface area contributed by atoms with Crippen LogP contribution in [0, 0.1) is 0 Å². The van der Waals surface area contributed by atoms with E-state index in [2.05, 4.69) is 54.2 Å². The molecule has 0 amide bonds. The molecule has 0 aliphatic carbocycles. The van der Waals surface area contributed by atoms with Gasteiger partial charge in [0, 0.05) is 31.9 Å². The van der Waals surface area contributed by atoms with Crippen LogP contribution in [0.15, 0.2) is 36.7 Å². The molecule has 1 aromatic carbocycles. The third-order valence-electron chi connectivity index (χ3n) is 4.06. The zero-order valence-electron chi connectivity index (χ0n) is 12.1. The predicted molar refractivity (Wildman–Crippen MR) is 87.0 cm³/mol. The molecule has 1 aliphatic heterocycles. The smallest absolute Gasteiger partial charge is 0.188 e. The molecule has 0 saturated carbocycles. The molecule has 3 N–H and O–H groups in total. The van der Waals surface area contributed by atoms with Crippen LogP contribution in [0.1, 0.15) is 0 Å². The summed E-state index contributed by atoms with van der Waals surface area (Å²) in [6.07, 6.45) is 1.54. The van der Waals surface area contributed by atoms with E-state index in [9.17, 15) is 0 Å². The van der Waals surface area contributed by atoms with Gasteiger partial charge in [0.1, 0.15) is 23.3 Å². The highest BCUT2D eigenvalue weighted by Crippen LogP contribution is 2.27. The molecule has 0 radical (unpaired) electrons. The number of hydrogen-bond donors (Lipinski definition) is 2. The van der Waals surface area contributed by atoms with Gasteiger partial charge in [-0.1, -0.05) is 18.2 Å². The van der Waals surface area contributed by atoms with Gasteiger partial charge in [0.2, 0.25) is 0 Å². The zero-order chi connectivity index (χ0) is 14.9. The van der Waals surface area contributed by atoms with E-state index in [0.717, 1.165) is 37.4 Å². The maximum Gasteiger partial charge on any atom is 0.188 e. The van der Waals surface area contributed by atoms with Crippen molar-refractivity contribution in [3.63, 3.8) is 0 Å². The first-order chi connectivity index (χ1) is 10.8. The Bertz CT molecular complexity index is 775. The lowest BCUT2D eigenvalue weighted by Crippen LogP contribution is -2.46. The van der Waals surface area contributed by atoms with Gasteiger partial charge in [-0.25, -0.2) is 9.97 Å². The highest BCUT2D eigenvalue weighted by molar-refractivity contribution is 5.95. The molecule has 3 heterocycles. The van der Waals surface area contributed by atoms with Gasteiger partial charge >= 0.3 is 0 Å². The number of fused-ring (bicyclic) bond motifs is 1. The van der Waals surface area contributed by atoms with E-state index < -0.39 is 0 Å². The van der Waals surface area contributed by atoms with Crippen LogP contribution in [0.3, 0.4) is 0 Å². The fourth-order valence-electron chi connectivity index (χ4n) is 2.92. The average molecular weight is 295 g/mol. The van der Waals surface area contributed by atoms with Crippen LogP contribution in [0.5, 0.6) is 0 Å². The van der Waals surface area contributed by atoms with Crippen molar-refractivity contribution in [2.45, 2.75) is 0 Å². The number of anilines is 3. The molecular weight excluding hydrogens is 278 g/mol. The second-order valence-electron chi connectivity index (χ2n) is 5.34. The molecule has 3 aromatic rings. The SMILES string of the molecule is Nc1[nH]nc2ncnc(N3CCN(c4ccccc4)CC3)c12. The first-order valence-corrected chi connectivity index (χ1v) is 7.32. The first-order valence-electron chi connectivity index (χ1n) is 7.32. The van der Waals surface area contributed by atoms with E-state index in [1.807, 2.05) is 6.07 Å². The quantitative estimate of drug-likeness (QED) is 0.740. The Labute approximate surface area is 127 Å². The highest BCUT2D eigenvalue weighted by atomic mass is 15.3. The van der Waals surface area contributed by atoms with Crippen LogP contribution in [0.2, 0.25) is 0 Å². The zero-order valence-corrected chi connectivity index (χ0v) is 12.1. The molecule has 4 rings (SSSR count). The number of aromatic nitrogens is 4. The van der Waals surface area contributed by atoms with Crippen LogP contribution >= 0.6 is 0 Å². The molecule has 7 nitrogen and oxygen atoms in total. The van der Waals surface area contributed by atoms with Gasteiger partial charge in [0.15, 0.2) is 5.65 Å². The largest absolute Gasteiger partial charge is 0.383 e. The summed E-state index contributed by atoms with van der Waals surface area (Å²) in [6.45, 7) is 3.69. The van der Waals surface area contributed by atoms with Crippen molar-refractivity contribution in [1.82, 2.24) is 20.2 Å². The lowest BCUT2D eigenvalue weighted by atomic mass is 10.2. The van der Waals surface area contributed by atoms with Gasteiger partial charge < -0.3 is 15.5 Å². The minimum atomic E-state index is 0.524. The van der Waals surface area contributed by atoms with Crippen molar-refractivity contribution >= 4 is 28.4 Å². The summed E-state index contributed by atoms with van der Waals surface area (Å²) in [7, 11) is 0. The third-order valence-corrected chi connectivity index (χ3v) is 4.06. The fourth-order valence-corrected chi connectivity index (χ4v) is 2.92. The van der Waals surface area contributed by atoms with Crippen molar-refractivity contribution in [2.24, 2.45) is 0 Å². The van der Waals surface area contributed by atoms with E-state index in [-0.39, 0.29) is 0 Å². The summed E-state index contributed by atoms with van der Waals surface area (Å²) in [5.41, 5.74) is 7.85. The number of H-pyrrole nitrogens is 1. The molecule has 2 aromatic heterocycles. The van der Waals surface area contributed by atoms with Gasteiger partial charge in [-0.3, -0.25) is 5.10 Å². The lowest BCUT2D eigenvalue weighted by Gasteiger charge is -2.36. The van der Waals surface area contributed by atoms with Crippen LogP contribution in [0.25, 0.3) is 11.0 Å². The van der Waals surface area contributed by atoms with Gasteiger partial charge in [-0.05, 0) is 12.1 Å². The maximum absolute atomic E-state index is 5.97. The summed E-state index contributed by atoms with van der Waals surface area (Å²) in [6, 6.07) is 10.5. The van der Waals surface area contributed by atoms with E-state index >= 15 is 0 Å². The number of piperazine rings is 1. The van der Waals surface area contributed by atoms with Gasteiger partial charge in [0.05, 0.1) is 0 Å². The average Bonchev–Trinajstić information content (AvgIpc) is 2.97. The molecular formula is C15H17N7. The van der Waals surface area contributed by atoms with Gasteiger partial charge in [-0.2, -0.15) is 5.10 Å². The Balaban J connectivity index is 1.57. The fraction of sp³-hybridized carbons (Fsp3) is 0.267. The minimum Gasteiger partial charge on any atom is -0.383 e. The molecule has 0 unspecified atom stereocenters. The van der Waals surface area contributed by atoms with Gasteiger partial charge in [-0.15, -0.1) is 0 Å². The molecule has 7 heteroatoms. The summed E-state index contributed by atoms with van der Waals surface area (Å²) in [5.74, 6) is 1.39. The minimum absolute atomic E-state index is 0.524. The Morgan fingerprint density at radius 3 is 2.45 bits per heavy atom. The molecule has 0 spiro atoms. The van der Waals surface area contributed by atoms with E-state index in [0.29, 0.717) is 11.5 Å². The third kappa shape index (κ3) is 2.11. The monoisotopic (exact) mass is 295 g/mol. The maximum atomic E-state index is 5.97. The number of nitrogens with one attached hydrogen (secondary N) is 1. The number of nitrogens with zero attached hydrogens (tertiary/aromatic N) is 5. The standard InChI is InChI=1S/C15H17N7/c16-13-12-14(20-19-13)17-10-18-15(12)22-8-6-21(7-9-22)11-4-2-1-3-5-11/h1-5,10H,6-9H2,(H3,16,17,18,19,20). The molecule has 112 valence electrons. The van der Waals surface area contributed by atoms with Crippen molar-refractivity contribution in [3.05, 3.63) is 36.7 Å². The van der Waals surface area contributed by atoms with E-state index in [1.165, 1.54) is 5.69 Å². The summed E-state index contributed by atoms with van der Waals surface area (Å²) in [5, 5.41) is 7.69. The summed E-state index contributed by atoms with van der Waals surface area (Å²) >= 11 is 0. The lowest BCUT2D eigenvalue weighted by molar-refractivity contribution is 0.649. The second-order valence-corrected chi connectivity index (χ2v) is 5.34. The van der Waals surface area contributed by atoms with Crippen LogP contribution in [0.4, 0.5) is 17.3 Å². The second kappa shape index (κ2) is 5.18. The number of benzene rings is 1. The molecule has 1 aliphatic rings. The van der Waals surface area contributed by atoms with Crippen LogP contribution in [-0.4, -0.2) is 46.3 Å². The van der Waals surface area contributed by atoms with Crippen molar-refractivity contribution < 1.29 is 0 Å². The van der Waals surface area contributed by atoms with Crippen molar-refractivity contribution in [2.75, 3.05) is 41.7 Å². The van der Waals surface area contributed by atoms with Crippen LogP contribution < -0.4 is 15.5 Å². The number of aromatic amines is 1. The number of hydrogen-bond acceptors (Lipinski definition) is 6. The van der Waals surface area contributed by atoms with E-state index in [4.69, 9.17) is 5.73 Å². The highest BCUT2D eigenvalue weighted by Gasteiger charge is 2.21. The Morgan fingerprint density at radius 1 is 0.955 bits per heavy atom. The number of rotatable bonds is 2. The summed E-state index contributed by atoms with van der Waals surface area (Å²) in [4.78, 5) is 13.2. The first kappa shape index (κ1) is 12.9. The molecule has 0 bridgehead atoms. The molecule has 0 atom stereocenters. The number of nitrogen functional groups attached to an aromatic ring is 1. The van der Waals surface area contributed by atoms with Gasteiger partial charge in [0.25, 0.3) is 0 Å². The molecule has 1 fully saturated rings. The molecule has 1 saturated heterocycles. The van der Waals surface area contributed by atoms with Crippen molar-refractivity contribution in [3.8, 4) is 0 Å². The summed E-state index contributed by atoms with van der Waals surface area (Å²) < 4.78 is 0. The van der Waals surface area contributed by atoms with Crippen molar-refractivity contribution in [1.29, 1.82) is 0 Å². The topological polar surface area (TPSA) is 87.0 Å². The number of nitrogens with two attached hydrogens (primary N) is 1. The Morgan fingerprint density at radius 2 is 1.68 bits per heavy atom. The Kier molecular flexibility index (Phi) is 3.03. The number of para-hydroxylation sites is 1. The predicted octanol–water partition coefficient (Wildman–Crippen LogP) is 1.26. The van der Waals surface area contributed by atoms with E-state index in [1.54, 1.807) is 6.33 Å². The van der Waals surface area contributed by atoms with Crippen LogP contribution in [-0.2, 0) is 0 Å².